The van der Waals surface area contributed by atoms with Crippen LogP contribution in [0.25, 0.3) is 0 Å². The minimum atomic E-state index is -0.595. The standard InChI is InChI=1S/C9H7BrN2O3/c1-15-9(14)7-8(10)11-5-6(12-7)3-2-4-13/h5,13H,4H2,1H3. The summed E-state index contributed by atoms with van der Waals surface area (Å²) in [7, 11) is 1.25. The average molecular weight is 271 g/mol. The number of halogens is 1. The van der Waals surface area contributed by atoms with Gasteiger partial charge >= 0.3 is 5.97 Å². The third-order valence-electron chi connectivity index (χ3n) is 1.40. The number of ether oxygens (including phenoxy) is 1. The van der Waals surface area contributed by atoms with Gasteiger partial charge in [0.2, 0.25) is 0 Å². The molecule has 1 aromatic heterocycles. The van der Waals surface area contributed by atoms with Crippen molar-refractivity contribution in [3.8, 4) is 11.8 Å². The van der Waals surface area contributed by atoms with E-state index in [0.29, 0.717) is 10.3 Å². The van der Waals surface area contributed by atoms with Crippen molar-refractivity contribution in [1.82, 2.24) is 9.97 Å². The molecule has 0 saturated heterocycles. The van der Waals surface area contributed by atoms with Crippen LogP contribution in [0.4, 0.5) is 0 Å². The number of aromatic nitrogens is 2. The lowest BCUT2D eigenvalue weighted by atomic mass is 10.4. The number of methoxy groups -OCH3 is 1. The second kappa shape index (κ2) is 5.44. The minimum Gasteiger partial charge on any atom is -0.464 e. The molecular formula is C9H7BrN2O3. The predicted molar refractivity (Wildman–Crippen MR) is 55.0 cm³/mol. The maximum atomic E-state index is 11.2. The van der Waals surface area contributed by atoms with Gasteiger partial charge in [-0.3, -0.25) is 0 Å². The average Bonchev–Trinajstić information content (AvgIpc) is 2.27. The lowest BCUT2D eigenvalue weighted by molar-refractivity contribution is 0.0592. The number of aliphatic hydroxyl groups excluding tert-OH is 1. The molecule has 0 aliphatic heterocycles. The molecule has 0 spiro atoms. The second-order valence-electron chi connectivity index (χ2n) is 2.35. The highest BCUT2D eigenvalue weighted by atomic mass is 79.9. The zero-order valence-electron chi connectivity index (χ0n) is 7.82. The monoisotopic (exact) mass is 270 g/mol. The van der Waals surface area contributed by atoms with Crippen molar-refractivity contribution in [3.63, 3.8) is 0 Å². The van der Waals surface area contributed by atoms with E-state index in [0.717, 1.165) is 0 Å². The lowest BCUT2D eigenvalue weighted by Gasteiger charge is -2.00. The molecule has 0 unspecified atom stereocenters. The van der Waals surface area contributed by atoms with Crippen LogP contribution >= 0.6 is 15.9 Å². The summed E-state index contributed by atoms with van der Waals surface area (Å²) in [5.74, 6) is 4.35. The fourth-order valence-electron chi connectivity index (χ4n) is 0.791. The van der Waals surface area contributed by atoms with Crippen molar-refractivity contribution < 1.29 is 14.6 Å². The van der Waals surface area contributed by atoms with Gasteiger partial charge in [0.05, 0.1) is 13.3 Å². The molecule has 0 atom stereocenters. The second-order valence-corrected chi connectivity index (χ2v) is 3.10. The van der Waals surface area contributed by atoms with Crippen LogP contribution in [0.3, 0.4) is 0 Å². The molecule has 0 amide bonds. The number of esters is 1. The summed E-state index contributed by atoms with van der Waals surface area (Å²) in [6.45, 7) is -0.273. The molecule has 1 heterocycles. The van der Waals surface area contributed by atoms with E-state index in [1.54, 1.807) is 0 Å². The first-order chi connectivity index (χ1) is 7.19. The maximum absolute atomic E-state index is 11.2. The van der Waals surface area contributed by atoms with Crippen LogP contribution in [-0.4, -0.2) is 34.8 Å². The topological polar surface area (TPSA) is 72.3 Å². The zero-order chi connectivity index (χ0) is 11.3. The third kappa shape index (κ3) is 3.01. The number of hydrogen-bond acceptors (Lipinski definition) is 5. The molecule has 0 aliphatic rings. The smallest absolute Gasteiger partial charge is 0.359 e. The Morgan fingerprint density at radius 2 is 2.47 bits per heavy atom. The van der Waals surface area contributed by atoms with Gasteiger partial charge in [0.1, 0.15) is 16.9 Å². The molecule has 0 saturated carbocycles. The Kier molecular flexibility index (Phi) is 4.21. The fourth-order valence-corrected chi connectivity index (χ4v) is 1.14. The lowest BCUT2D eigenvalue weighted by Crippen LogP contribution is -2.07. The van der Waals surface area contributed by atoms with E-state index < -0.39 is 5.97 Å². The highest BCUT2D eigenvalue weighted by Gasteiger charge is 2.13. The number of nitrogens with zero attached hydrogens (tertiary/aromatic N) is 2. The summed E-state index contributed by atoms with van der Waals surface area (Å²) in [4.78, 5) is 19.0. The van der Waals surface area contributed by atoms with E-state index in [1.165, 1.54) is 13.3 Å². The van der Waals surface area contributed by atoms with E-state index in [2.05, 4.69) is 42.5 Å². The summed E-state index contributed by atoms with van der Waals surface area (Å²) in [6, 6.07) is 0. The van der Waals surface area contributed by atoms with Crippen LogP contribution in [0.15, 0.2) is 10.8 Å². The van der Waals surface area contributed by atoms with Crippen molar-refractivity contribution in [2.75, 3.05) is 13.7 Å². The van der Waals surface area contributed by atoms with Crippen LogP contribution in [0.2, 0.25) is 0 Å². The van der Waals surface area contributed by atoms with E-state index in [4.69, 9.17) is 5.11 Å². The quantitative estimate of drug-likeness (QED) is 0.590. The van der Waals surface area contributed by atoms with Gasteiger partial charge in [-0.2, -0.15) is 0 Å². The van der Waals surface area contributed by atoms with Gasteiger partial charge < -0.3 is 9.84 Å². The van der Waals surface area contributed by atoms with Crippen molar-refractivity contribution in [2.45, 2.75) is 0 Å². The van der Waals surface area contributed by atoms with Crippen LogP contribution in [-0.2, 0) is 4.74 Å². The molecule has 0 aromatic carbocycles. The van der Waals surface area contributed by atoms with Crippen molar-refractivity contribution >= 4 is 21.9 Å². The molecule has 5 nitrogen and oxygen atoms in total. The van der Waals surface area contributed by atoms with Gasteiger partial charge in [-0.25, -0.2) is 14.8 Å². The normalized spacial score (nSPS) is 9.00. The molecule has 0 aliphatic carbocycles. The van der Waals surface area contributed by atoms with Crippen LogP contribution < -0.4 is 0 Å². The van der Waals surface area contributed by atoms with Gasteiger partial charge in [0, 0.05) is 0 Å². The largest absolute Gasteiger partial charge is 0.464 e. The van der Waals surface area contributed by atoms with Gasteiger partial charge in [0.15, 0.2) is 5.69 Å². The summed E-state index contributed by atoms with van der Waals surface area (Å²) in [5, 5.41) is 8.48. The van der Waals surface area contributed by atoms with Gasteiger partial charge in [-0.05, 0) is 21.9 Å². The molecular weight excluding hydrogens is 264 g/mol. The number of carbonyl (C=O) groups is 1. The van der Waals surface area contributed by atoms with Crippen molar-refractivity contribution in [3.05, 3.63) is 22.2 Å². The Hall–Kier alpha value is -1.45. The SMILES string of the molecule is COC(=O)c1nc(C#CCO)cnc1Br. The predicted octanol–water partition coefficient (Wildman–Crippen LogP) is 0.369. The van der Waals surface area contributed by atoms with Crippen LogP contribution in [0, 0.1) is 11.8 Å². The Labute approximate surface area is 94.6 Å². The van der Waals surface area contributed by atoms with E-state index in [-0.39, 0.29) is 12.3 Å². The summed E-state index contributed by atoms with van der Waals surface area (Å²) in [6.07, 6.45) is 1.39. The first-order valence-corrected chi connectivity index (χ1v) is 4.69. The number of rotatable bonds is 1. The molecule has 6 heteroatoms. The molecule has 0 bridgehead atoms. The molecule has 0 fully saturated rings. The molecule has 15 heavy (non-hydrogen) atoms. The summed E-state index contributed by atoms with van der Waals surface area (Å²) in [5.41, 5.74) is 0.356. The number of hydrogen-bond donors (Lipinski definition) is 1. The Balaban J connectivity index is 3.10. The highest BCUT2D eigenvalue weighted by molar-refractivity contribution is 9.10. The van der Waals surface area contributed by atoms with Gasteiger partial charge in [-0.15, -0.1) is 0 Å². The first-order valence-electron chi connectivity index (χ1n) is 3.89. The van der Waals surface area contributed by atoms with Crippen molar-refractivity contribution in [1.29, 1.82) is 0 Å². The van der Waals surface area contributed by atoms with Gasteiger partial charge in [0.25, 0.3) is 0 Å². The third-order valence-corrected chi connectivity index (χ3v) is 1.98. The maximum Gasteiger partial charge on any atom is 0.359 e. The highest BCUT2D eigenvalue weighted by Crippen LogP contribution is 2.12. The van der Waals surface area contributed by atoms with Crippen LogP contribution in [0.5, 0.6) is 0 Å². The Bertz CT molecular complexity index is 437. The Morgan fingerprint density at radius 3 is 3.07 bits per heavy atom. The number of aliphatic hydroxyl groups is 1. The van der Waals surface area contributed by atoms with Crippen molar-refractivity contribution in [2.24, 2.45) is 0 Å². The molecule has 1 aromatic rings. The molecule has 78 valence electrons. The summed E-state index contributed by atoms with van der Waals surface area (Å²) >= 11 is 3.07. The van der Waals surface area contributed by atoms with Crippen LogP contribution in [0.1, 0.15) is 16.2 Å². The number of carbonyl (C=O) groups excluding carboxylic acids is 1. The molecule has 1 rings (SSSR count). The van der Waals surface area contributed by atoms with Gasteiger partial charge in [-0.1, -0.05) is 5.92 Å². The fraction of sp³-hybridized carbons (Fsp3) is 0.222. The molecule has 1 N–H and O–H groups in total. The van der Waals surface area contributed by atoms with E-state index >= 15 is 0 Å². The van der Waals surface area contributed by atoms with E-state index in [9.17, 15) is 4.79 Å². The molecule has 0 radical (unpaired) electrons. The van der Waals surface area contributed by atoms with E-state index in [1.807, 2.05) is 0 Å². The minimum absolute atomic E-state index is 0.0576. The zero-order valence-corrected chi connectivity index (χ0v) is 9.41. The first kappa shape index (κ1) is 11.6. The Morgan fingerprint density at radius 1 is 1.73 bits per heavy atom. The summed E-state index contributed by atoms with van der Waals surface area (Å²) < 4.78 is 4.80.